The fourth-order valence-corrected chi connectivity index (χ4v) is 4.46. The van der Waals surface area contributed by atoms with Crippen LogP contribution >= 0.6 is 11.6 Å². The number of hydrogen-bond acceptors (Lipinski definition) is 3. The SMILES string of the molecule is Cc1ccc([C@@H](c2ccn3c(C4CC4)nnc3c2C)C(C)(C)C(=O)O)cc1CCl. The van der Waals surface area contributed by atoms with Crippen LogP contribution in [0.1, 0.15) is 72.2 Å². The zero-order chi connectivity index (χ0) is 20.9. The second-order valence-corrected chi connectivity index (χ2v) is 8.97. The molecule has 1 saturated carbocycles. The average Bonchev–Trinajstić information content (AvgIpc) is 3.43. The fraction of sp³-hybridized carbons (Fsp3) is 0.435. The van der Waals surface area contributed by atoms with Crippen LogP contribution in [0.5, 0.6) is 0 Å². The number of halogens is 1. The van der Waals surface area contributed by atoms with Crippen LogP contribution in [0.4, 0.5) is 0 Å². The predicted octanol–water partition coefficient (Wildman–Crippen LogP) is 5.21. The highest BCUT2D eigenvalue weighted by molar-refractivity contribution is 6.17. The monoisotopic (exact) mass is 411 g/mol. The molecule has 5 nitrogen and oxygen atoms in total. The lowest BCUT2D eigenvalue weighted by Crippen LogP contribution is -2.32. The minimum Gasteiger partial charge on any atom is -0.481 e. The summed E-state index contributed by atoms with van der Waals surface area (Å²) in [6.07, 6.45) is 4.30. The third-order valence-electron chi connectivity index (χ3n) is 6.27. The van der Waals surface area contributed by atoms with Gasteiger partial charge in [0.05, 0.1) is 5.41 Å². The number of hydrogen-bond donors (Lipinski definition) is 1. The smallest absolute Gasteiger partial charge is 0.310 e. The number of alkyl halides is 1. The first-order valence-electron chi connectivity index (χ1n) is 9.98. The zero-order valence-electron chi connectivity index (χ0n) is 17.2. The van der Waals surface area contributed by atoms with Gasteiger partial charge in [-0.25, -0.2) is 0 Å². The van der Waals surface area contributed by atoms with Crippen molar-refractivity contribution >= 4 is 23.2 Å². The van der Waals surface area contributed by atoms with E-state index in [-0.39, 0.29) is 5.92 Å². The van der Waals surface area contributed by atoms with Crippen molar-refractivity contribution in [2.45, 2.75) is 58.3 Å². The molecule has 152 valence electrons. The van der Waals surface area contributed by atoms with Gasteiger partial charge in [0.2, 0.25) is 0 Å². The lowest BCUT2D eigenvalue weighted by molar-refractivity contribution is -0.147. The van der Waals surface area contributed by atoms with Crippen LogP contribution in [0.15, 0.2) is 30.5 Å². The van der Waals surface area contributed by atoms with E-state index < -0.39 is 11.4 Å². The quantitative estimate of drug-likeness (QED) is 0.565. The number of rotatable bonds is 6. The molecule has 1 aliphatic rings. The van der Waals surface area contributed by atoms with E-state index >= 15 is 0 Å². The van der Waals surface area contributed by atoms with E-state index in [1.807, 2.05) is 44.3 Å². The molecule has 3 aromatic rings. The van der Waals surface area contributed by atoms with Crippen molar-refractivity contribution < 1.29 is 9.90 Å². The van der Waals surface area contributed by atoms with Gasteiger partial charge in [-0.15, -0.1) is 21.8 Å². The maximum absolute atomic E-state index is 12.2. The van der Waals surface area contributed by atoms with Crippen molar-refractivity contribution in [2.75, 3.05) is 0 Å². The van der Waals surface area contributed by atoms with Crippen molar-refractivity contribution in [1.29, 1.82) is 0 Å². The van der Waals surface area contributed by atoms with Crippen molar-refractivity contribution in [1.82, 2.24) is 14.6 Å². The number of aliphatic carboxylic acids is 1. The van der Waals surface area contributed by atoms with Crippen LogP contribution in [0.2, 0.25) is 0 Å². The molecule has 0 unspecified atom stereocenters. The summed E-state index contributed by atoms with van der Waals surface area (Å²) < 4.78 is 2.06. The van der Waals surface area contributed by atoms with Crippen LogP contribution in [0.25, 0.3) is 5.65 Å². The summed E-state index contributed by atoms with van der Waals surface area (Å²) in [5, 5.41) is 18.9. The molecule has 4 rings (SSSR count). The Hall–Kier alpha value is -2.40. The number of pyridine rings is 1. The Balaban J connectivity index is 1.92. The molecule has 1 atom stereocenters. The van der Waals surface area contributed by atoms with Gasteiger partial charge in [0.25, 0.3) is 0 Å². The summed E-state index contributed by atoms with van der Waals surface area (Å²) >= 11 is 6.14. The summed E-state index contributed by atoms with van der Waals surface area (Å²) in [6, 6.07) is 8.12. The van der Waals surface area contributed by atoms with Crippen molar-refractivity contribution in [3.05, 3.63) is 64.1 Å². The van der Waals surface area contributed by atoms with Crippen molar-refractivity contribution in [3.63, 3.8) is 0 Å². The molecule has 1 aliphatic carbocycles. The molecule has 1 fully saturated rings. The minimum atomic E-state index is -1.01. The normalized spacial score (nSPS) is 15.6. The van der Waals surface area contributed by atoms with Gasteiger partial charge in [0.1, 0.15) is 5.82 Å². The van der Waals surface area contributed by atoms with E-state index in [1.54, 1.807) is 13.8 Å². The maximum Gasteiger partial charge on any atom is 0.310 e. The summed E-state index contributed by atoms with van der Waals surface area (Å²) in [5.41, 5.74) is 4.81. The number of fused-ring (bicyclic) bond motifs is 1. The molecule has 0 aliphatic heterocycles. The van der Waals surface area contributed by atoms with Gasteiger partial charge in [-0.1, -0.05) is 18.2 Å². The molecule has 0 amide bonds. The number of aryl methyl sites for hydroxylation is 2. The first-order valence-corrected chi connectivity index (χ1v) is 10.5. The van der Waals surface area contributed by atoms with Gasteiger partial charge in [-0.3, -0.25) is 9.20 Å². The van der Waals surface area contributed by atoms with Gasteiger partial charge < -0.3 is 5.11 Å². The Morgan fingerprint density at radius 2 is 2.00 bits per heavy atom. The van der Waals surface area contributed by atoms with Crippen LogP contribution in [0, 0.1) is 19.3 Å². The van der Waals surface area contributed by atoms with E-state index in [1.165, 1.54) is 0 Å². The zero-order valence-corrected chi connectivity index (χ0v) is 18.0. The Kier molecular flexibility index (Phi) is 4.89. The molecule has 2 aromatic heterocycles. The number of carboxylic acid groups (broad SMARTS) is 1. The Bertz CT molecular complexity index is 1100. The van der Waals surface area contributed by atoms with Crippen LogP contribution in [0.3, 0.4) is 0 Å². The average molecular weight is 412 g/mol. The Labute approximate surface area is 175 Å². The molecule has 0 radical (unpaired) electrons. The second kappa shape index (κ2) is 7.13. The first-order chi connectivity index (χ1) is 13.8. The molecular formula is C23H26ClN3O2. The molecular weight excluding hydrogens is 386 g/mol. The molecule has 6 heteroatoms. The highest BCUT2D eigenvalue weighted by Crippen LogP contribution is 2.44. The van der Waals surface area contributed by atoms with Gasteiger partial charge in [0.15, 0.2) is 5.65 Å². The number of aromatic nitrogens is 3. The number of benzene rings is 1. The van der Waals surface area contributed by atoms with Crippen molar-refractivity contribution in [3.8, 4) is 0 Å². The summed E-state index contributed by atoms with van der Waals surface area (Å²) in [5.74, 6) is 0.712. The highest BCUT2D eigenvalue weighted by atomic mass is 35.5. The lowest BCUT2D eigenvalue weighted by Gasteiger charge is -2.33. The van der Waals surface area contributed by atoms with E-state index in [2.05, 4.69) is 14.6 Å². The number of carboxylic acids is 1. The van der Waals surface area contributed by atoms with Crippen LogP contribution in [-0.4, -0.2) is 25.7 Å². The Morgan fingerprint density at radius 3 is 2.62 bits per heavy atom. The highest BCUT2D eigenvalue weighted by Gasteiger charge is 2.40. The summed E-state index contributed by atoms with van der Waals surface area (Å²) in [7, 11) is 0. The van der Waals surface area contributed by atoms with Crippen LogP contribution < -0.4 is 0 Å². The van der Waals surface area contributed by atoms with Gasteiger partial charge in [0, 0.05) is 23.9 Å². The van der Waals surface area contributed by atoms with E-state index in [9.17, 15) is 9.90 Å². The number of carbonyl (C=O) groups is 1. The molecule has 1 N–H and O–H groups in total. The van der Waals surface area contributed by atoms with Gasteiger partial charge in [-0.2, -0.15) is 0 Å². The molecule has 2 heterocycles. The van der Waals surface area contributed by atoms with Crippen LogP contribution in [-0.2, 0) is 10.7 Å². The standard InChI is InChI=1S/C23H26ClN3O2/c1-13-5-6-16(11-17(13)12-24)19(23(3,4)22(28)29)18-9-10-27-20(14(18)2)25-26-21(27)15-7-8-15/h5-6,9-11,15,19H,7-8,12H2,1-4H3,(H,28,29)/t19-/m0/s1. The minimum absolute atomic E-state index is 0.339. The largest absolute Gasteiger partial charge is 0.481 e. The molecule has 0 bridgehead atoms. The predicted molar refractivity (Wildman–Crippen MR) is 114 cm³/mol. The lowest BCUT2D eigenvalue weighted by atomic mass is 9.70. The molecule has 0 spiro atoms. The topological polar surface area (TPSA) is 67.5 Å². The molecule has 29 heavy (non-hydrogen) atoms. The summed E-state index contributed by atoms with van der Waals surface area (Å²) in [6.45, 7) is 7.59. The van der Waals surface area contributed by atoms with E-state index in [0.717, 1.165) is 52.1 Å². The second-order valence-electron chi connectivity index (χ2n) is 8.70. The third-order valence-corrected chi connectivity index (χ3v) is 6.56. The third kappa shape index (κ3) is 3.31. The number of nitrogens with zero attached hydrogens (tertiary/aromatic N) is 3. The molecule has 0 saturated heterocycles. The molecule has 1 aromatic carbocycles. The first kappa shape index (κ1) is 19.9. The van der Waals surface area contributed by atoms with Gasteiger partial charge >= 0.3 is 5.97 Å². The van der Waals surface area contributed by atoms with Crippen molar-refractivity contribution in [2.24, 2.45) is 5.41 Å². The fourth-order valence-electron chi connectivity index (χ4n) is 4.17. The van der Waals surface area contributed by atoms with E-state index in [4.69, 9.17) is 11.6 Å². The van der Waals surface area contributed by atoms with Gasteiger partial charge in [-0.05, 0) is 74.4 Å². The van der Waals surface area contributed by atoms with E-state index in [0.29, 0.717) is 11.8 Å². The maximum atomic E-state index is 12.2. The Morgan fingerprint density at radius 1 is 1.28 bits per heavy atom. The summed E-state index contributed by atoms with van der Waals surface area (Å²) in [4.78, 5) is 12.2.